The molecule has 0 aromatic rings. The molecule has 0 bridgehead atoms. The topological polar surface area (TPSA) is 70.3 Å². The molecule has 4 unspecified atom stereocenters. The number of hydrogen-bond donors (Lipinski definition) is 4. The molecule has 2 aliphatic rings. The maximum absolute atomic E-state index is 9.64. The zero-order valence-electron chi connectivity index (χ0n) is 9.28. The fourth-order valence-electron chi connectivity index (χ4n) is 2.79. The van der Waals surface area contributed by atoms with Gasteiger partial charge >= 0.3 is 0 Å². The van der Waals surface area contributed by atoms with Crippen LogP contribution in [0.15, 0.2) is 0 Å². The molecule has 2 aliphatic heterocycles. The van der Waals surface area contributed by atoms with Gasteiger partial charge in [0.25, 0.3) is 0 Å². The van der Waals surface area contributed by atoms with Crippen molar-refractivity contribution in [3.05, 3.63) is 0 Å². The lowest BCUT2D eigenvalue weighted by atomic mass is 9.85. The van der Waals surface area contributed by atoms with Crippen LogP contribution in [0.3, 0.4) is 0 Å². The molecule has 5 N–H and O–H groups in total. The Labute approximate surface area is 91.6 Å². The second kappa shape index (κ2) is 5.25. The maximum atomic E-state index is 9.64. The molecule has 4 nitrogen and oxygen atoms in total. The van der Waals surface area contributed by atoms with Crippen molar-refractivity contribution < 1.29 is 5.11 Å². The van der Waals surface area contributed by atoms with E-state index in [-0.39, 0.29) is 6.10 Å². The molecule has 2 fully saturated rings. The fraction of sp³-hybridized carbons (Fsp3) is 1.00. The van der Waals surface area contributed by atoms with Crippen LogP contribution in [0.2, 0.25) is 0 Å². The molecule has 0 aromatic heterocycles. The van der Waals surface area contributed by atoms with Gasteiger partial charge in [0, 0.05) is 12.1 Å². The van der Waals surface area contributed by atoms with Crippen LogP contribution in [-0.4, -0.2) is 42.9 Å². The van der Waals surface area contributed by atoms with Crippen LogP contribution in [0, 0.1) is 5.92 Å². The Morgan fingerprint density at radius 3 is 2.40 bits per heavy atom. The molecule has 15 heavy (non-hydrogen) atoms. The summed E-state index contributed by atoms with van der Waals surface area (Å²) in [5.41, 5.74) is 5.72. The molecular weight excluding hydrogens is 190 g/mol. The Kier molecular flexibility index (Phi) is 3.97. The molecule has 4 atom stereocenters. The largest absolute Gasteiger partial charge is 0.393 e. The number of aliphatic hydroxyl groups is 1. The lowest BCUT2D eigenvalue weighted by Gasteiger charge is -2.38. The van der Waals surface area contributed by atoms with Gasteiger partial charge < -0.3 is 21.5 Å². The van der Waals surface area contributed by atoms with Gasteiger partial charge in [-0.25, -0.2) is 0 Å². The maximum Gasteiger partial charge on any atom is 0.0567 e. The van der Waals surface area contributed by atoms with Crippen LogP contribution < -0.4 is 16.4 Å². The number of rotatable bonds is 2. The van der Waals surface area contributed by atoms with Crippen molar-refractivity contribution in [2.24, 2.45) is 11.7 Å². The highest BCUT2D eigenvalue weighted by atomic mass is 16.3. The van der Waals surface area contributed by atoms with Crippen molar-refractivity contribution >= 4 is 0 Å². The Morgan fingerprint density at radius 1 is 1.07 bits per heavy atom. The summed E-state index contributed by atoms with van der Waals surface area (Å²) in [4.78, 5) is 0. The van der Waals surface area contributed by atoms with E-state index in [2.05, 4.69) is 10.6 Å². The molecule has 0 spiro atoms. The van der Waals surface area contributed by atoms with E-state index in [9.17, 15) is 5.11 Å². The van der Waals surface area contributed by atoms with E-state index in [1.165, 1.54) is 6.42 Å². The number of piperidine rings is 2. The summed E-state index contributed by atoms with van der Waals surface area (Å²) in [7, 11) is 0. The first-order valence-electron chi connectivity index (χ1n) is 6.14. The molecule has 0 saturated carbocycles. The molecule has 2 rings (SSSR count). The van der Waals surface area contributed by atoms with Crippen LogP contribution in [0.25, 0.3) is 0 Å². The van der Waals surface area contributed by atoms with E-state index < -0.39 is 0 Å². The van der Waals surface area contributed by atoms with Crippen molar-refractivity contribution in [2.75, 3.05) is 19.6 Å². The Hall–Kier alpha value is -0.160. The van der Waals surface area contributed by atoms with E-state index in [0.717, 1.165) is 38.9 Å². The van der Waals surface area contributed by atoms with Gasteiger partial charge in [-0.3, -0.25) is 0 Å². The lowest BCUT2D eigenvalue weighted by Crippen LogP contribution is -2.55. The van der Waals surface area contributed by atoms with E-state index in [1.807, 2.05) is 0 Å². The second-order valence-electron chi connectivity index (χ2n) is 4.93. The fourth-order valence-corrected chi connectivity index (χ4v) is 2.79. The van der Waals surface area contributed by atoms with Crippen molar-refractivity contribution in [1.82, 2.24) is 10.6 Å². The third kappa shape index (κ3) is 2.91. The molecule has 0 amide bonds. The minimum Gasteiger partial charge on any atom is -0.393 e. The molecule has 0 aliphatic carbocycles. The average molecular weight is 213 g/mol. The number of nitrogens with two attached hydrogens (primary N) is 1. The van der Waals surface area contributed by atoms with Crippen LogP contribution in [-0.2, 0) is 0 Å². The summed E-state index contributed by atoms with van der Waals surface area (Å²) in [5.74, 6) is 0.664. The van der Waals surface area contributed by atoms with Crippen molar-refractivity contribution in [3.8, 4) is 0 Å². The Morgan fingerprint density at radius 2 is 1.73 bits per heavy atom. The highest BCUT2D eigenvalue weighted by Gasteiger charge is 2.30. The van der Waals surface area contributed by atoms with Crippen LogP contribution in [0.5, 0.6) is 0 Å². The van der Waals surface area contributed by atoms with Crippen molar-refractivity contribution in [1.29, 1.82) is 0 Å². The van der Waals surface area contributed by atoms with Gasteiger partial charge in [-0.2, -0.15) is 0 Å². The number of hydrogen-bond acceptors (Lipinski definition) is 4. The van der Waals surface area contributed by atoms with Gasteiger partial charge in [-0.1, -0.05) is 0 Å². The predicted octanol–water partition coefficient (Wildman–Crippen LogP) is -0.574. The Balaban J connectivity index is 1.86. The third-order valence-electron chi connectivity index (χ3n) is 3.78. The summed E-state index contributed by atoms with van der Waals surface area (Å²) in [6, 6.07) is 0.936. The van der Waals surface area contributed by atoms with Crippen LogP contribution in [0.4, 0.5) is 0 Å². The number of aliphatic hydroxyl groups excluding tert-OH is 1. The Bertz CT molecular complexity index is 200. The van der Waals surface area contributed by atoms with Gasteiger partial charge in [0.15, 0.2) is 0 Å². The monoisotopic (exact) mass is 213 g/mol. The average Bonchev–Trinajstić information content (AvgIpc) is 2.29. The highest BCUT2D eigenvalue weighted by molar-refractivity contribution is 4.91. The van der Waals surface area contributed by atoms with E-state index in [0.29, 0.717) is 18.0 Å². The van der Waals surface area contributed by atoms with Gasteiger partial charge in [-0.15, -0.1) is 0 Å². The number of nitrogens with one attached hydrogen (secondary N) is 2. The zero-order valence-corrected chi connectivity index (χ0v) is 9.28. The smallest absolute Gasteiger partial charge is 0.0567 e. The molecule has 4 heteroatoms. The minimum absolute atomic E-state index is 0.115. The standard InChI is InChI=1S/C11H23N3O/c12-7-8-1-3-13-10(5-8)11-6-9(15)2-4-14-11/h8-11,13-15H,1-7,12H2. The normalized spacial score (nSPS) is 42.8. The second-order valence-corrected chi connectivity index (χ2v) is 4.93. The van der Waals surface area contributed by atoms with Crippen LogP contribution in [0.1, 0.15) is 25.7 Å². The van der Waals surface area contributed by atoms with E-state index in [4.69, 9.17) is 5.73 Å². The van der Waals surface area contributed by atoms with Gasteiger partial charge in [-0.05, 0) is 51.2 Å². The summed E-state index contributed by atoms with van der Waals surface area (Å²) in [5, 5.41) is 16.7. The van der Waals surface area contributed by atoms with Crippen molar-refractivity contribution in [2.45, 2.75) is 43.9 Å². The van der Waals surface area contributed by atoms with Gasteiger partial charge in [0.2, 0.25) is 0 Å². The van der Waals surface area contributed by atoms with Crippen molar-refractivity contribution in [3.63, 3.8) is 0 Å². The summed E-state index contributed by atoms with van der Waals surface area (Å²) >= 11 is 0. The molecular formula is C11H23N3O. The zero-order chi connectivity index (χ0) is 10.7. The first-order chi connectivity index (χ1) is 7.29. The summed E-state index contributed by atoms with van der Waals surface area (Å²) in [6.45, 7) is 2.81. The van der Waals surface area contributed by atoms with Crippen LogP contribution >= 0.6 is 0 Å². The molecule has 2 saturated heterocycles. The predicted molar refractivity (Wildman–Crippen MR) is 60.6 cm³/mol. The highest BCUT2D eigenvalue weighted by Crippen LogP contribution is 2.21. The van der Waals surface area contributed by atoms with E-state index >= 15 is 0 Å². The summed E-state index contributed by atoms with van der Waals surface area (Å²) in [6.07, 6.45) is 4.01. The lowest BCUT2D eigenvalue weighted by molar-refractivity contribution is 0.0972. The minimum atomic E-state index is -0.115. The first kappa shape index (κ1) is 11.3. The van der Waals surface area contributed by atoms with Gasteiger partial charge in [0.05, 0.1) is 6.10 Å². The SMILES string of the molecule is NCC1CCNC(C2CC(O)CCN2)C1. The quantitative estimate of drug-likeness (QED) is 0.496. The third-order valence-corrected chi connectivity index (χ3v) is 3.78. The van der Waals surface area contributed by atoms with Gasteiger partial charge in [0.1, 0.15) is 0 Å². The molecule has 88 valence electrons. The molecule has 0 aromatic carbocycles. The molecule has 2 heterocycles. The molecule has 0 radical (unpaired) electrons. The summed E-state index contributed by atoms with van der Waals surface area (Å²) < 4.78 is 0. The first-order valence-corrected chi connectivity index (χ1v) is 6.14. The van der Waals surface area contributed by atoms with E-state index in [1.54, 1.807) is 0 Å².